The van der Waals surface area contributed by atoms with Gasteiger partial charge in [0.1, 0.15) is 12.1 Å². The molecular formula is C24H28N2O6. The molecule has 0 fully saturated rings. The maximum Gasteiger partial charge on any atom is 0.408 e. The molecule has 0 saturated heterocycles. The topological polar surface area (TPSA) is 125 Å². The first-order valence-electron chi connectivity index (χ1n) is 10.6. The van der Waals surface area contributed by atoms with Crippen LogP contribution >= 0.6 is 0 Å². The molecule has 0 spiro atoms. The second kappa shape index (κ2) is 9.82. The molecule has 0 radical (unpaired) electrons. The Morgan fingerprint density at radius 1 is 1.06 bits per heavy atom. The molecule has 3 rings (SSSR count). The van der Waals surface area contributed by atoms with Crippen LogP contribution in [0.2, 0.25) is 0 Å². The highest BCUT2D eigenvalue weighted by Crippen LogP contribution is 2.44. The van der Waals surface area contributed by atoms with Crippen molar-refractivity contribution in [1.82, 2.24) is 10.6 Å². The first-order valence-corrected chi connectivity index (χ1v) is 10.6. The number of hydrogen-bond acceptors (Lipinski definition) is 5. The number of benzene rings is 2. The van der Waals surface area contributed by atoms with Crippen LogP contribution in [0.25, 0.3) is 11.1 Å². The van der Waals surface area contributed by atoms with Crippen molar-refractivity contribution in [2.45, 2.75) is 44.2 Å². The summed E-state index contributed by atoms with van der Waals surface area (Å²) < 4.78 is 5.52. The predicted molar refractivity (Wildman–Crippen MR) is 118 cm³/mol. The van der Waals surface area contributed by atoms with E-state index in [2.05, 4.69) is 10.6 Å². The van der Waals surface area contributed by atoms with Gasteiger partial charge in [0.25, 0.3) is 0 Å². The van der Waals surface area contributed by atoms with E-state index < -0.39 is 36.2 Å². The van der Waals surface area contributed by atoms with E-state index in [-0.39, 0.29) is 12.5 Å². The summed E-state index contributed by atoms with van der Waals surface area (Å²) in [6.45, 7) is 3.05. The molecule has 170 valence electrons. The second-order valence-electron chi connectivity index (χ2n) is 8.10. The van der Waals surface area contributed by atoms with Gasteiger partial charge in [-0.15, -0.1) is 0 Å². The molecule has 1 aliphatic rings. The smallest absolute Gasteiger partial charge is 0.408 e. The van der Waals surface area contributed by atoms with Crippen LogP contribution in [0.15, 0.2) is 48.5 Å². The first-order chi connectivity index (χ1) is 15.3. The maximum atomic E-state index is 12.6. The molecule has 0 aromatic heterocycles. The van der Waals surface area contributed by atoms with Crippen LogP contribution in [0, 0.1) is 0 Å². The molecule has 1 aliphatic carbocycles. The van der Waals surface area contributed by atoms with Crippen LogP contribution in [0.3, 0.4) is 0 Å². The van der Waals surface area contributed by atoms with Crippen molar-refractivity contribution in [2.75, 3.05) is 13.2 Å². The Morgan fingerprint density at radius 3 is 2.16 bits per heavy atom. The molecule has 2 amide bonds. The average Bonchev–Trinajstić information content (AvgIpc) is 3.09. The van der Waals surface area contributed by atoms with Crippen LogP contribution in [0.5, 0.6) is 0 Å². The number of nitrogens with one attached hydrogen (secondary N) is 2. The van der Waals surface area contributed by atoms with Gasteiger partial charge in [0, 0.05) is 5.92 Å². The van der Waals surface area contributed by atoms with Gasteiger partial charge in [-0.2, -0.15) is 0 Å². The summed E-state index contributed by atoms with van der Waals surface area (Å²) in [5.74, 6) is -2.13. The third-order valence-electron chi connectivity index (χ3n) is 5.71. The molecule has 0 heterocycles. The van der Waals surface area contributed by atoms with Gasteiger partial charge in [-0.05, 0) is 35.6 Å². The number of ether oxygens (including phenoxy) is 1. The minimum Gasteiger partial charge on any atom is -0.479 e. The van der Waals surface area contributed by atoms with Gasteiger partial charge in [-0.25, -0.2) is 9.59 Å². The lowest BCUT2D eigenvalue weighted by Gasteiger charge is -2.29. The molecule has 0 aliphatic heterocycles. The van der Waals surface area contributed by atoms with Crippen LogP contribution in [-0.4, -0.2) is 53.0 Å². The van der Waals surface area contributed by atoms with E-state index in [1.165, 1.54) is 0 Å². The average molecular weight is 440 g/mol. The molecule has 2 aromatic carbocycles. The Morgan fingerprint density at radius 2 is 1.62 bits per heavy atom. The van der Waals surface area contributed by atoms with E-state index in [9.17, 15) is 19.5 Å². The van der Waals surface area contributed by atoms with Crippen molar-refractivity contribution in [1.29, 1.82) is 0 Å². The number of carboxylic acid groups (broad SMARTS) is 1. The second-order valence-corrected chi connectivity index (χ2v) is 8.10. The number of fused-ring (bicyclic) bond motifs is 3. The summed E-state index contributed by atoms with van der Waals surface area (Å²) in [7, 11) is 0. The molecule has 2 aromatic rings. The molecule has 0 bridgehead atoms. The van der Waals surface area contributed by atoms with E-state index >= 15 is 0 Å². The van der Waals surface area contributed by atoms with Crippen molar-refractivity contribution in [3.63, 3.8) is 0 Å². The van der Waals surface area contributed by atoms with Crippen LogP contribution in [-0.2, 0) is 14.3 Å². The SMILES string of the molecule is CCCC(C)(NC(=O)OCC1c2ccccc2-c2ccccc21)C(=O)NC[C@H](O)C(=O)O. The summed E-state index contributed by atoms with van der Waals surface area (Å²) in [6.07, 6.45) is -1.56. The fourth-order valence-electron chi connectivity index (χ4n) is 4.06. The third kappa shape index (κ3) is 4.91. The number of aliphatic carboxylic acids is 1. The van der Waals surface area contributed by atoms with Crippen molar-refractivity contribution in [2.24, 2.45) is 0 Å². The number of carboxylic acids is 1. The number of rotatable bonds is 9. The van der Waals surface area contributed by atoms with E-state index in [0.717, 1.165) is 22.3 Å². The number of aliphatic hydroxyl groups is 1. The van der Waals surface area contributed by atoms with Gasteiger partial charge in [0.2, 0.25) is 5.91 Å². The van der Waals surface area contributed by atoms with Crippen LogP contribution < -0.4 is 10.6 Å². The van der Waals surface area contributed by atoms with Crippen molar-refractivity contribution < 1.29 is 29.3 Å². The van der Waals surface area contributed by atoms with Crippen molar-refractivity contribution in [3.8, 4) is 11.1 Å². The first kappa shape index (κ1) is 23.3. The Bertz CT molecular complexity index is 962. The molecule has 4 N–H and O–H groups in total. The van der Waals surface area contributed by atoms with Gasteiger partial charge < -0.3 is 25.6 Å². The maximum absolute atomic E-state index is 12.6. The van der Waals surface area contributed by atoms with Crippen molar-refractivity contribution in [3.05, 3.63) is 59.7 Å². The molecule has 8 nitrogen and oxygen atoms in total. The van der Waals surface area contributed by atoms with Crippen LogP contribution in [0.1, 0.15) is 43.7 Å². The number of amides is 2. The van der Waals surface area contributed by atoms with Gasteiger partial charge >= 0.3 is 12.1 Å². The zero-order valence-corrected chi connectivity index (χ0v) is 18.1. The lowest BCUT2D eigenvalue weighted by Crippen LogP contribution is -2.58. The number of alkyl carbamates (subject to hydrolysis) is 1. The summed E-state index contributed by atoms with van der Waals surface area (Å²) >= 11 is 0. The zero-order chi connectivity index (χ0) is 23.3. The molecule has 1 unspecified atom stereocenters. The normalized spacial score (nSPS) is 15.1. The summed E-state index contributed by atoms with van der Waals surface area (Å²) in [6, 6.07) is 16.0. The third-order valence-corrected chi connectivity index (χ3v) is 5.71. The van der Waals surface area contributed by atoms with Crippen LogP contribution in [0.4, 0.5) is 4.79 Å². The molecule has 0 saturated carbocycles. The van der Waals surface area contributed by atoms with E-state index in [1.807, 2.05) is 55.5 Å². The monoisotopic (exact) mass is 440 g/mol. The standard InChI is InChI=1S/C24H28N2O6/c1-3-12-24(2,22(30)25-13-20(27)21(28)29)26-23(31)32-14-19-17-10-6-4-8-15(17)16-9-5-7-11-18(16)19/h4-11,19-20,27H,3,12-14H2,1-2H3,(H,25,30)(H,26,31)(H,28,29)/t20-,24?/m0/s1. The fourth-order valence-corrected chi connectivity index (χ4v) is 4.06. The largest absolute Gasteiger partial charge is 0.479 e. The minimum absolute atomic E-state index is 0.106. The van der Waals surface area contributed by atoms with Crippen molar-refractivity contribution >= 4 is 18.0 Å². The minimum atomic E-state index is -1.72. The molecule has 32 heavy (non-hydrogen) atoms. The summed E-state index contributed by atoms with van der Waals surface area (Å²) in [4.78, 5) is 36.0. The highest BCUT2D eigenvalue weighted by molar-refractivity contribution is 5.90. The van der Waals surface area contributed by atoms with E-state index in [4.69, 9.17) is 9.84 Å². The van der Waals surface area contributed by atoms with Gasteiger partial charge in [-0.3, -0.25) is 4.79 Å². The Balaban J connectivity index is 1.66. The van der Waals surface area contributed by atoms with E-state index in [1.54, 1.807) is 6.92 Å². The Kier molecular flexibility index (Phi) is 7.15. The zero-order valence-electron chi connectivity index (χ0n) is 18.1. The molecule has 2 atom stereocenters. The summed E-state index contributed by atoms with van der Waals surface area (Å²) in [5.41, 5.74) is 3.08. The predicted octanol–water partition coefficient (Wildman–Crippen LogP) is 2.65. The lowest BCUT2D eigenvalue weighted by molar-refractivity contribution is -0.146. The number of aliphatic hydroxyl groups excluding tert-OH is 1. The van der Waals surface area contributed by atoms with E-state index in [0.29, 0.717) is 12.8 Å². The van der Waals surface area contributed by atoms with Gasteiger partial charge in [0.15, 0.2) is 6.10 Å². The highest BCUT2D eigenvalue weighted by atomic mass is 16.5. The Labute approximate surface area is 186 Å². The molecular weight excluding hydrogens is 412 g/mol. The molecule has 8 heteroatoms. The number of carbonyl (C=O) groups is 3. The highest BCUT2D eigenvalue weighted by Gasteiger charge is 2.36. The van der Waals surface area contributed by atoms with Gasteiger partial charge in [0.05, 0.1) is 6.54 Å². The quantitative estimate of drug-likeness (QED) is 0.475. The number of hydrogen-bond donors (Lipinski definition) is 4. The number of carbonyl (C=O) groups excluding carboxylic acids is 2. The lowest BCUT2D eigenvalue weighted by atomic mass is 9.95. The Hall–Kier alpha value is -3.39. The fraction of sp³-hybridized carbons (Fsp3) is 0.375. The summed E-state index contributed by atoms with van der Waals surface area (Å²) in [5, 5.41) is 23.2. The van der Waals surface area contributed by atoms with Gasteiger partial charge in [-0.1, -0.05) is 61.9 Å².